The summed E-state index contributed by atoms with van der Waals surface area (Å²) in [4.78, 5) is 28.2. The molecule has 5 rings (SSSR count). The summed E-state index contributed by atoms with van der Waals surface area (Å²) in [6.07, 6.45) is 0. The highest BCUT2D eigenvalue weighted by Gasteiger charge is 2.47. The fourth-order valence-electron chi connectivity index (χ4n) is 4.36. The Hall–Kier alpha value is -4.06. The Morgan fingerprint density at radius 2 is 1.54 bits per heavy atom. The molecule has 1 N–H and O–H groups in total. The first-order chi connectivity index (χ1) is 17.8. The molecule has 0 spiro atoms. The highest BCUT2D eigenvalue weighted by molar-refractivity contribution is 6.51. The molecule has 1 fully saturated rings. The maximum Gasteiger partial charge on any atom is 0.300 e. The number of nitrogens with zero attached hydrogens (tertiary/aromatic N) is 1. The third-order valence-electron chi connectivity index (χ3n) is 6.07. The predicted molar refractivity (Wildman–Crippen MR) is 145 cm³/mol. The Bertz CT molecular complexity index is 1550. The van der Waals surface area contributed by atoms with Gasteiger partial charge in [-0.05, 0) is 72.6 Å². The summed E-state index contributed by atoms with van der Waals surface area (Å²) in [6, 6.07) is 27.3. The Labute approximate surface area is 224 Å². The number of hydrogen-bond acceptors (Lipinski definition) is 4. The van der Waals surface area contributed by atoms with Gasteiger partial charge in [0.05, 0.1) is 21.7 Å². The van der Waals surface area contributed by atoms with Crippen LogP contribution in [-0.2, 0) is 9.59 Å². The maximum atomic E-state index is 13.4. The van der Waals surface area contributed by atoms with Crippen LogP contribution in [0.25, 0.3) is 5.76 Å². The number of Topliss-reactive ketones (excluding diaryl/α,β-unsaturated/α-hetero) is 1. The fraction of sp³-hybridized carbons (Fsp3) is 0.0667. The summed E-state index contributed by atoms with van der Waals surface area (Å²) in [7, 11) is 0. The van der Waals surface area contributed by atoms with Gasteiger partial charge >= 0.3 is 0 Å². The van der Waals surface area contributed by atoms with Gasteiger partial charge in [0.1, 0.15) is 17.3 Å². The van der Waals surface area contributed by atoms with Gasteiger partial charge in [-0.15, -0.1) is 0 Å². The Kier molecular flexibility index (Phi) is 6.74. The molecular formula is C30H21Cl2NO4. The van der Waals surface area contributed by atoms with Crippen LogP contribution in [0.3, 0.4) is 0 Å². The summed E-state index contributed by atoms with van der Waals surface area (Å²) in [5, 5.41) is 11.8. The van der Waals surface area contributed by atoms with Crippen molar-refractivity contribution in [2.45, 2.75) is 13.0 Å². The monoisotopic (exact) mass is 529 g/mol. The Balaban J connectivity index is 1.68. The van der Waals surface area contributed by atoms with E-state index in [9.17, 15) is 14.7 Å². The van der Waals surface area contributed by atoms with Crippen molar-refractivity contribution >= 4 is 46.3 Å². The minimum Gasteiger partial charge on any atom is -0.507 e. The molecule has 1 amide bonds. The Morgan fingerprint density at radius 1 is 0.811 bits per heavy atom. The van der Waals surface area contributed by atoms with Crippen molar-refractivity contribution in [3.05, 3.63) is 129 Å². The summed E-state index contributed by atoms with van der Waals surface area (Å²) >= 11 is 12.2. The van der Waals surface area contributed by atoms with Crippen molar-refractivity contribution in [3.63, 3.8) is 0 Å². The molecule has 4 aromatic rings. The molecule has 1 unspecified atom stereocenters. The van der Waals surface area contributed by atoms with Crippen LogP contribution >= 0.6 is 23.2 Å². The van der Waals surface area contributed by atoms with Crippen LogP contribution < -0.4 is 9.64 Å². The van der Waals surface area contributed by atoms with Crippen molar-refractivity contribution < 1.29 is 19.4 Å². The lowest BCUT2D eigenvalue weighted by Gasteiger charge is -2.26. The number of aryl methyl sites for hydroxylation is 1. The lowest BCUT2D eigenvalue weighted by molar-refractivity contribution is -0.132. The van der Waals surface area contributed by atoms with Crippen LogP contribution in [0.15, 0.2) is 103 Å². The van der Waals surface area contributed by atoms with Crippen LogP contribution in [0.2, 0.25) is 10.0 Å². The zero-order chi connectivity index (χ0) is 26.1. The number of anilines is 1. The van der Waals surface area contributed by atoms with Crippen molar-refractivity contribution in [1.82, 2.24) is 0 Å². The SMILES string of the molecule is Cc1cccc(N2C(=O)C(=O)/C(=C(\O)c3ccc(Cl)c(Cl)c3)C2c2cccc(Oc3ccccc3)c2)c1. The van der Waals surface area contributed by atoms with Gasteiger partial charge in [-0.2, -0.15) is 0 Å². The quantitative estimate of drug-likeness (QED) is 0.163. The standard InChI is InChI=1S/C30H21Cl2NO4/c1-18-7-5-9-21(15-18)33-27(19-8-6-12-23(16-19)37-22-10-3-2-4-11-22)26(29(35)30(33)36)28(34)20-13-14-24(31)25(32)17-20/h2-17,27,34H,1H3/b28-26-. The van der Waals surface area contributed by atoms with Crippen molar-refractivity contribution in [2.75, 3.05) is 4.90 Å². The van der Waals surface area contributed by atoms with Crippen molar-refractivity contribution in [1.29, 1.82) is 0 Å². The number of aliphatic hydroxyl groups is 1. The molecule has 0 radical (unpaired) electrons. The Morgan fingerprint density at radius 3 is 2.27 bits per heavy atom. The third-order valence-corrected chi connectivity index (χ3v) is 6.81. The second-order valence-corrected chi connectivity index (χ2v) is 9.44. The van der Waals surface area contributed by atoms with Crippen LogP contribution in [0.5, 0.6) is 11.5 Å². The van der Waals surface area contributed by atoms with Gasteiger partial charge in [-0.25, -0.2) is 0 Å². The molecule has 0 aliphatic carbocycles. The first-order valence-electron chi connectivity index (χ1n) is 11.5. The van der Waals surface area contributed by atoms with Crippen LogP contribution in [0.1, 0.15) is 22.7 Å². The van der Waals surface area contributed by atoms with E-state index in [0.29, 0.717) is 27.8 Å². The number of benzene rings is 4. The first kappa shape index (κ1) is 24.6. The number of ketones is 1. The lowest BCUT2D eigenvalue weighted by Crippen LogP contribution is -2.29. The van der Waals surface area contributed by atoms with Crippen molar-refractivity contribution in [2.24, 2.45) is 0 Å². The van der Waals surface area contributed by atoms with Crippen LogP contribution in [0.4, 0.5) is 5.69 Å². The first-order valence-corrected chi connectivity index (χ1v) is 12.2. The van der Waals surface area contributed by atoms with E-state index in [0.717, 1.165) is 5.56 Å². The molecule has 1 atom stereocenters. The molecule has 37 heavy (non-hydrogen) atoms. The van der Waals surface area contributed by atoms with E-state index in [1.165, 1.54) is 17.0 Å². The van der Waals surface area contributed by atoms with Crippen LogP contribution in [0, 0.1) is 6.92 Å². The van der Waals surface area contributed by atoms with E-state index in [4.69, 9.17) is 27.9 Å². The average molecular weight is 530 g/mol. The van der Waals surface area contributed by atoms with E-state index in [1.54, 1.807) is 36.4 Å². The number of rotatable bonds is 5. The van der Waals surface area contributed by atoms with Gasteiger partial charge in [-0.1, -0.05) is 65.7 Å². The van der Waals surface area contributed by atoms with E-state index < -0.39 is 17.7 Å². The van der Waals surface area contributed by atoms with E-state index in [-0.39, 0.29) is 21.9 Å². The highest BCUT2D eigenvalue weighted by atomic mass is 35.5. The number of amides is 1. The fourth-order valence-corrected chi connectivity index (χ4v) is 4.66. The topological polar surface area (TPSA) is 66.8 Å². The van der Waals surface area contributed by atoms with Gasteiger partial charge in [0.25, 0.3) is 11.7 Å². The van der Waals surface area contributed by atoms with Gasteiger partial charge in [-0.3, -0.25) is 14.5 Å². The number of hydrogen-bond donors (Lipinski definition) is 1. The number of halogens is 2. The minimum absolute atomic E-state index is 0.0539. The summed E-state index contributed by atoms with van der Waals surface area (Å²) in [5.41, 5.74) is 2.27. The maximum absolute atomic E-state index is 13.4. The zero-order valence-electron chi connectivity index (χ0n) is 19.7. The third kappa shape index (κ3) is 4.84. The van der Waals surface area contributed by atoms with Gasteiger partial charge in [0, 0.05) is 11.3 Å². The normalized spacial score (nSPS) is 16.7. The summed E-state index contributed by atoms with van der Waals surface area (Å²) in [6.45, 7) is 1.90. The number of ether oxygens (including phenoxy) is 1. The van der Waals surface area contributed by atoms with E-state index >= 15 is 0 Å². The largest absolute Gasteiger partial charge is 0.507 e. The molecule has 1 aliphatic rings. The summed E-state index contributed by atoms with van der Waals surface area (Å²) in [5.74, 6) is -0.723. The number of para-hydroxylation sites is 1. The molecule has 5 nitrogen and oxygen atoms in total. The highest BCUT2D eigenvalue weighted by Crippen LogP contribution is 2.43. The molecule has 0 bridgehead atoms. The number of carbonyl (C=O) groups excluding carboxylic acids is 2. The van der Waals surface area contributed by atoms with Gasteiger partial charge in [0.2, 0.25) is 0 Å². The van der Waals surface area contributed by atoms with Gasteiger partial charge < -0.3 is 9.84 Å². The molecule has 0 aromatic heterocycles. The molecule has 7 heteroatoms. The molecule has 184 valence electrons. The molecular weight excluding hydrogens is 509 g/mol. The molecule has 4 aromatic carbocycles. The van der Waals surface area contributed by atoms with E-state index in [2.05, 4.69) is 0 Å². The average Bonchev–Trinajstić information content (AvgIpc) is 3.16. The molecule has 0 saturated carbocycles. The van der Waals surface area contributed by atoms with Crippen LogP contribution in [-0.4, -0.2) is 16.8 Å². The molecule has 1 saturated heterocycles. The van der Waals surface area contributed by atoms with Gasteiger partial charge in [0.15, 0.2) is 0 Å². The molecule has 1 heterocycles. The minimum atomic E-state index is -0.907. The molecule has 1 aliphatic heterocycles. The second-order valence-electron chi connectivity index (χ2n) is 8.62. The second kappa shape index (κ2) is 10.1. The van der Waals surface area contributed by atoms with E-state index in [1.807, 2.05) is 55.5 Å². The van der Waals surface area contributed by atoms with Crippen molar-refractivity contribution in [3.8, 4) is 11.5 Å². The number of carbonyl (C=O) groups is 2. The number of aliphatic hydroxyl groups excluding tert-OH is 1. The lowest BCUT2D eigenvalue weighted by atomic mass is 9.95. The zero-order valence-corrected chi connectivity index (χ0v) is 21.2. The smallest absolute Gasteiger partial charge is 0.300 e. The predicted octanol–water partition coefficient (Wildman–Crippen LogP) is 7.72. The summed E-state index contributed by atoms with van der Waals surface area (Å²) < 4.78 is 6.00.